The zero-order valence-electron chi connectivity index (χ0n) is 18.4. The third kappa shape index (κ3) is 5.73. The van der Waals surface area contributed by atoms with Crippen molar-refractivity contribution in [3.63, 3.8) is 0 Å². The number of nitrogens with one attached hydrogen (secondary N) is 2. The van der Waals surface area contributed by atoms with Crippen LogP contribution in [-0.4, -0.2) is 30.5 Å². The third-order valence-electron chi connectivity index (χ3n) is 4.74. The summed E-state index contributed by atoms with van der Waals surface area (Å²) >= 11 is 0. The minimum absolute atomic E-state index is 0.204. The van der Waals surface area contributed by atoms with E-state index in [1.54, 1.807) is 28.9 Å². The maximum Gasteiger partial charge on any atom is 0.319 e. The molecule has 1 aromatic heterocycles. The van der Waals surface area contributed by atoms with Crippen molar-refractivity contribution in [2.45, 2.75) is 44.6 Å². The van der Waals surface area contributed by atoms with E-state index in [1.165, 1.54) is 6.26 Å². The average Bonchev–Trinajstić information content (AvgIpc) is 3.11. The van der Waals surface area contributed by atoms with Crippen LogP contribution >= 0.6 is 0 Å². The number of rotatable bonds is 5. The van der Waals surface area contributed by atoms with Crippen LogP contribution in [0.15, 0.2) is 59.5 Å². The van der Waals surface area contributed by atoms with Gasteiger partial charge in [-0.15, -0.1) is 0 Å². The van der Waals surface area contributed by atoms with E-state index in [2.05, 4.69) is 36.5 Å². The van der Waals surface area contributed by atoms with Crippen molar-refractivity contribution in [1.29, 1.82) is 0 Å². The molecule has 0 aliphatic carbocycles. The molecule has 0 atom stereocenters. The van der Waals surface area contributed by atoms with Gasteiger partial charge in [0.25, 0.3) is 0 Å². The molecule has 2 N–H and O–H groups in total. The molecule has 1 heterocycles. The Bertz CT molecular complexity index is 1190. The predicted molar refractivity (Wildman–Crippen MR) is 122 cm³/mol. The molecule has 31 heavy (non-hydrogen) atoms. The lowest BCUT2D eigenvalue weighted by Gasteiger charge is -2.20. The molecule has 0 unspecified atom stereocenters. The first kappa shape index (κ1) is 22.6. The van der Waals surface area contributed by atoms with Crippen molar-refractivity contribution >= 4 is 21.6 Å². The van der Waals surface area contributed by atoms with Crippen molar-refractivity contribution in [3.8, 4) is 5.69 Å². The van der Waals surface area contributed by atoms with Crippen LogP contribution in [0.1, 0.15) is 37.7 Å². The van der Waals surface area contributed by atoms with Crippen molar-refractivity contribution in [2.24, 2.45) is 0 Å². The molecule has 0 saturated carbocycles. The van der Waals surface area contributed by atoms with Gasteiger partial charge in [0.1, 0.15) is 0 Å². The Hall–Kier alpha value is -3.13. The predicted octanol–water partition coefficient (Wildman–Crippen LogP) is 4.20. The minimum Gasteiger partial charge on any atom is -0.332 e. The van der Waals surface area contributed by atoms with E-state index < -0.39 is 9.84 Å². The molecule has 164 valence electrons. The smallest absolute Gasteiger partial charge is 0.319 e. The van der Waals surface area contributed by atoms with Gasteiger partial charge >= 0.3 is 6.03 Å². The molecule has 0 aliphatic heterocycles. The van der Waals surface area contributed by atoms with Crippen LogP contribution in [0.4, 0.5) is 10.5 Å². The van der Waals surface area contributed by atoms with Crippen LogP contribution in [0.25, 0.3) is 5.69 Å². The Morgan fingerprint density at radius 3 is 2.32 bits per heavy atom. The summed E-state index contributed by atoms with van der Waals surface area (Å²) < 4.78 is 25.3. The monoisotopic (exact) mass is 440 g/mol. The van der Waals surface area contributed by atoms with Gasteiger partial charge in [-0.3, -0.25) is 0 Å². The summed E-state index contributed by atoms with van der Waals surface area (Å²) in [5, 5.41) is 10.3. The van der Waals surface area contributed by atoms with Gasteiger partial charge in [0.05, 0.1) is 22.8 Å². The van der Waals surface area contributed by atoms with E-state index in [-0.39, 0.29) is 22.9 Å². The molecule has 8 heteroatoms. The van der Waals surface area contributed by atoms with E-state index in [0.717, 1.165) is 22.6 Å². The number of nitrogens with zero attached hydrogens (tertiary/aromatic N) is 2. The normalized spacial score (nSPS) is 11.9. The molecule has 0 saturated heterocycles. The second-order valence-electron chi connectivity index (χ2n) is 8.63. The first-order valence-electron chi connectivity index (χ1n) is 9.95. The maximum atomic E-state index is 12.3. The van der Waals surface area contributed by atoms with Crippen molar-refractivity contribution < 1.29 is 13.2 Å². The molecule has 0 bridgehead atoms. The number of aromatic nitrogens is 2. The number of hydrogen-bond donors (Lipinski definition) is 2. The molecular weight excluding hydrogens is 412 g/mol. The zero-order chi connectivity index (χ0) is 22.8. The number of carbonyl (C=O) groups is 1. The first-order chi connectivity index (χ1) is 14.4. The summed E-state index contributed by atoms with van der Waals surface area (Å²) in [7, 11) is -3.27. The second kappa shape index (κ2) is 8.55. The fourth-order valence-electron chi connectivity index (χ4n) is 3.15. The summed E-state index contributed by atoms with van der Waals surface area (Å²) in [6.45, 7) is 8.45. The highest BCUT2D eigenvalue weighted by molar-refractivity contribution is 7.90. The summed E-state index contributed by atoms with van der Waals surface area (Å²) in [5.74, 6) is 0. The number of aryl methyl sites for hydroxylation is 1. The van der Waals surface area contributed by atoms with Gasteiger partial charge < -0.3 is 10.6 Å². The lowest BCUT2D eigenvalue weighted by Crippen LogP contribution is -2.28. The van der Waals surface area contributed by atoms with E-state index in [9.17, 15) is 13.2 Å². The van der Waals surface area contributed by atoms with Gasteiger partial charge in [-0.2, -0.15) is 5.10 Å². The highest BCUT2D eigenvalue weighted by Crippen LogP contribution is 2.26. The number of hydrogen-bond acceptors (Lipinski definition) is 4. The molecule has 3 rings (SSSR count). The van der Waals surface area contributed by atoms with E-state index >= 15 is 0 Å². The molecule has 0 radical (unpaired) electrons. The largest absolute Gasteiger partial charge is 0.332 e. The standard InChI is InChI=1S/C23H28N4O3S/c1-16-7-6-8-17(13-16)25-22(28)24-15-18-14-21(23(2,3)4)27(26-18)19-9-11-20(12-10-19)31(5,29)30/h6-14H,15H2,1-5H3,(H2,24,25,28). The first-order valence-corrected chi connectivity index (χ1v) is 11.8. The highest BCUT2D eigenvalue weighted by atomic mass is 32.2. The minimum atomic E-state index is -3.27. The molecule has 2 amide bonds. The Morgan fingerprint density at radius 2 is 1.74 bits per heavy atom. The summed E-state index contributed by atoms with van der Waals surface area (Å²) in [5.41, 5.74) is 4.00. The number of sulfone groups is 1. The maximum absolute atomic E-state index is 12.3. The van der Waals surface area contributed by atoms with Gasteiger partial charge in [-0.05, 0) is 55.0 Å². The lowest BCUT2D eigenvalue weighted by atomic mass is 9.91. The van der Waals surface area contributed by atoms with E-state index in [0.29, 0.717) is 5.69 Å². The molecule has 3 aromatic rings. The highest BCUT2D eigenvalue weighted by Gasteiger charge is 2.22. The fraction of sp³-hybridized carbons (Fsp3) is 0.304. The second-order valence-corrected chi connectivity index (χ2v) is 10.6. The van der Waals surface area contributed by atoms with Crippen LogP contribution in [0.3, 0.4) is 0 Å². The molecule has 7 nitrogen and oxygen atoms in total. The van der Waals surface area contributed by atoms with Crippen LogP contribution in [0.5, 0.6) is 0 Å². The van der Waals surface area contributed by atoms with E-state index in [1.807, 2.05) is 37.3 Å². The number of amides is 2. The van der Waals surface area contributed by atoms with Crippen LogP contribution in [0, 0.1) is 6.92 Å². The molecular formula is C23H28N4O3S. The summed E-state index contributed by atoms with van der Waals surface area (Å²) in [6.07, 6.45) is 1.18. The van der Waals surface area contributed by atoms with Crippen LogP contribution < -0.4 is 10.6 Å². The van der Waals surface area contributed by atoms with Crippen LogP contribution in [-0.2, 0) is 21.8 Å². The van der Waals surface area contributed by atoms with Gasteiger partial charge in [0, 0.05) is 23.1 Å². The van der Waals surface area contributed by atoms with Crippen molar-refractivity contribution in [3.05, 3.63) is 71.5 Å². The van der Waals surface area contributed by atoms with Gasteiger partial charge in [-0.25, -0.2) is 17.9 Å². The Kier molecular flexibility index (Phi) is 6.22. The zero-order valence-corrected chi connectivity index (χ0v) is 19.2. The molecule has 0 spiro atoms. The quantitative estimate of drug-likeness (QED) is 0.622. The van der Waals surface area contributed by atoms with Gasteiger partial charge in [0.15, 0.2) is 9.84 Å². The van der Waals surface area contributed by atoms with E-state index in [4.69, 9.17) is 0 Å². The molecule has 2 aromatic carbocycles. The number of carbonyl (C=O) groups excluding carboxylic acids is 1. The number of benzene rings is 2. The van der Waals surface area contributed by atoms with Crippen molar-refractivity contribution in [2.75, 3.05) is 11.6 Å². The number of urea groups is 1. The van der Waals surface area contributed by atoms with Gasteiger partial charge in [-0.1, -0.05) is 32.9 Å². The third-order valence-corrected chi connectivity index (χ3v) is 5.87. The van der Waals surface area contributed by atoms with Crippen molar-refractivity contribution in [1.82, 2.24) is 15.1 Å². The van der Waals surface area contributed by atoms with Crippen LogP contribution in [0.2, 0.25) is 0 Å². The lowest BCUT2D eigenvalue weighted by molar-refractivity contribution is 0.251. The Balaban J connectivity index is 1.79. The van der Waals surface area contributed by atoms with Gasteiger partial charge in [0.2, 0.25) is 0 Å². The molecule has 0 fully saturated rings. The average molecular weight is 441 g/mol. The Morgan fingerprint density at radius 1 is 1.06 bits per heavy atom. The Labute approximate surface area is 183 Å². The fourth-order valence-corrected chi connectivity index (χ4v) is 3.78. The molecule has 0 aliphatic rings. The number of anilines is 1. The SMILES string of the molecule is Cc1cccc(NC(=O)NCc2cc(C(C)(C)C)n(-c3ccc(S(C)(=O)=O)cc3)n2)c1. The summed E-state index contributed by atoms with van der Waals surface area (Å²) in [6, 6.07) is 15.8. The summed E-state index contributed by atoms with van der Waals surface area (Å²) in [4.78, 5) is 12.5. The topological polar surface area (TPSA) is 93.1 Å².